The van der Waals surface area contributed by atoms with Gasteiger partial charge in [0.25, 0.3) is 0 Å². The fraction of sp³-hybridized carbons (Fsp3) is 0.300. The first-order valence-electron chi connectivity index (χ1n) is 4.21. The van der Waals surface area contributed by atoms with E-state index in [-0.39, 0.29) is 5.82 Å². The topological polar surface area (TPSA) is 12.9 Å². The molecule has 1 aromatic carbocycles. The van der Waals surface area contributed by atoms with Gasteiger partial charge in [0, 0.05) is 6.07 Å². The smallest absolute Gasteiger partial charge is 0.125 e. The van der Waals surface area contributed by atoms with Crippen LogP contribution in [0, 0.1) is 5.82 Å². The largest absolute Gasteiger partial charge is 0.245 e. The van der Waals surface area contributed by atoms with E-state index in [2.05, 4.69) is 18.8 Å². The van der Waals surface area contributed by atoms with Gasteiger partial charge < -0.3 is 0 Å². The van der Waals surface area contributed by atoms with E-state index in [1.807, 2.05) is 0 Å². The lowest BCUT2D eigenvalue weighted by Gasteiger charge is -2.05. The second-order valence-corrected chi connectivity index (χ2v) is 4.21. The Kier molecular flexibility index (Phi) is 2.04. The van der Waals surface area contributed by atoms with Crippen molar-refractivity contribution in [2.75, 3.05) is 0 Å². The molecule has 0 aliphatic rings. The molecule has 2 rings (SSSR count). The Morgan fingerprint density at radius 3 is 2.85 bits per heavy atom. The molecule has 0 radical (unpaired) electrons. The molecule has 3 heteroatoms. The summed E-state index contributed by atoms with van der Waals surface area (Å²) in [4.78, 5) is 4.10. The van der Waals surface area contributed by atoms with Gasteiger partial charge in [-0.05, 0) is 17.5 Å². The van der Waals surface area contributed by atoms with E-state index in [4.69, 9.17) is 0 Å². The van der Waals surface area contributed by atoms with Gasteiger partial charge in [-0.15, -0.1) is 11.3 Å². The average Bonchev–Trinajstić information content (AvgIpc) is 2.49. The molecule has 68 valence electrons. The SMILES string of the molecule is CC(C)c1cc(F)cc2ncsc12. The fourth-order valence-electron chi connectivity index (χ4n) is 1.39. The molecule has 0 spiro atoms. The third kappa shape index (κ3) is 1.44. The van der Waals surface area contributed by atoms with Gasteiger partial charge in [-0.2, -0.15) is 0 Å². The van der Waals surface area contributed by atoms with E-state index in [1.165, 1.54) is 6.07 Å². The minimum absolute atomic E-state index is 0.192. The van der Waals surface area contributed by atoms with Crippen LogP contribution in [0.3, 0.4) is 0 Å². The molecule has 0 saturated heterocycles. The highest BCUT2D eigenvalue weighted by molar-refractivity contribution is 7.16. The van der Waals surface area contributed by atoms with Gasteiger partial charge in [-0.1, -0.05) is 13.8 Å². The van der Waals surface area contributed by atoms with E-state index >= 15 is 0 Å². The van der Waals surface area contributed by atoms with Crippen molar-refractivity contribution < 1.29 is 4.39 Å². The highest BCUT2D eigenvalue weighted by atomic mass is 32.1. The van der Waals surface area contributed by atoms with Crippen LogP contribution in [-0.2, 0) is 0 Å². The van der Waals surface area contributed by atoms with Crippen LogP contribution >= 0.6 is 11.3 Å². The maximum Gasteiger partial charge on any atom is 0.125 e. The molecule has 13 heavy (non-hydrogen) atoms. The Bertz CT molecular complexity index is 433. The minimum atomic E-state index is -0.192. The van der Waals surface area contributed by atoms with Gasteiger partial charge in [-0.3, -0.25) is 0 Å². The maximum atomic E-state index is 13.1. The van der Waals surface area contributed by atoms with Crippen LogP contribution in [0.1, 0.15) is 25.3 Å². The molecule has 0 atom stereocenters. The summed E-state index contributed by atoms with van der Waals surface area (Å²) in [6.07, 6.45) is 0. The predicted octanol–water partition coefficient (Wildman–Crippen LogP) is 3.56. The summed E-state index contributed by atoms with van der Waals surface area (Å²) in [6.45, 7) is 4.13. The number of halogens is 1. The molecule has 1 heterocycles. The number of nitrogens with zero attached hydrogens (tertiary/aromatic N) is 1. The Hall–Kier alpha value is -0.960. The normalized spacial score (nSPS) is 11.4. The van der Waals surface area contributed by atoms with Crippen molar-refractivity contribution in [3.63, 3.8) is 0 Å². The quantitative estimate of drug-likeness (QED) is 0.678. The van der Waals surface area contributed by atoms with E-state index in [0.29, 0.717) is 5.92 Å². The van der Waals surface area contributed by atoms with Crippen molar-refractivity contribution in [2.45, 2.75) is 19.8 Å². The molecular formula is C10H10FNS. The highest BCUT2D eigenvalue weighted by Crippen LogP contribution is 2.28. The second kappa shape index (κ2) is 3.07. The van der Waals surface area contributed by atoms with Crippen LogP contribution < -0.4 is 0 Å². The van der Waals surface area contributed by atoms with Gasteiger partial charge in [0.15, 0.2) is 0 Å². The zero-order chi connectivity index (χ0) is 9.42. The van der Waals surface area contributed by atoms with Gasteiger partial charge in [0.2, 0.25) is 0 Å². The van der Waals surface area contributed by atoms with Crippen LogP contribution in [0.15, 0.2) is 17.6 Å². The number of fused-ring (bicyclic) bond motifs is 1. The first-order chi connectivity index (χ1) is 6.18. The van der Waals surface area contributed by atoms with E-state index in [0.717, 1.165) is 15.8 Å². The standard InChI is InChI=1S/C10H10FNS/c1-6(2)8-3-7(11)4-9-10(8)13-5-12-9/h3-6H,1-2H3. The first-order valence-corrected chi connectivity index (χ1v) is 5.09. The van der Waals surface area contributed by atoms with Gasteiger partial charge in [0.05, 0.1) is 15.7 Å². The Morgan fingerprint density at radius 2 is 2.15 bits per heavy atom. The lowest BCUT2D eigenvalue weighted by Crippen LogP contribution is -1.89. The van der Waals surface area contributed by atoms with Crippen LogP contribution in [0.25, 0.3) is 10.2 Å². The number of rotatable bonds is 1. The summed E-state index contributed by atoms with van der Waals surface area (Å²) in [5.74, 6) is 0.153. The summed E-state index contributed by atoms with van der Waals surface area (Å²) in [5.41, 5.74) is 3.59. The van der Waals surface area contributed by atoms with Crippen molar-refractivity contribution >= 4 is 21.6 Å². The predicted molar refractivity (Wildman–Crippen MR) is 53.7 cm³/mol. The fourth-order valence-corrected chi connectivity index (χ4v) is 2.32. The third-order valence-corrected chi connectivity index (χ3v) is 2.94. The Balaban J connectivity index is 2.77. The van der Waals surface area contributed by atoms with E-state index in [1.54, 1.807) is 22.9 Å². The van der Waals surface area contributed by atoms with E-state index < -0.39 is 0 Å². The van der Waals surface area contributed by atoms with Crippen LogP contribution in [0.2, 0.25) is 0 Å². The number of benzene rings is 1. The second-order valence-electron chi connectivity index (χ2n) is 3.35. The van der Waals surface area contributed by atoms with Crippen molar-refractivity contribution in [1.29, 1.82) is 0 Å². The molecule has 1 aromatic heterocycles. The summed E-state index contributed by atoms with van der Waals surface area (Å²) in [5, 5.41) is 0. The van der Waals surface area contributed by atoms with Gasteiger partial charge >= 0.3 is 0 Å². The number of hydrogen-bond acceptors (Lipinski definition) is 2. The summed E-state index contributed by atoms with van der Waals surface area (Å²) in [7, 11) is 0. The van der Waals surface area contributed by atoms with Crippen molar-refractivity contribution in [3.8, 4) is 0 Å². The molecule has 0 aliphatic carbocycles. The lowest BCUT2D eigenvalue weighted by atomic mass is 10.0. The zero-order valence-electron chi connectivity index (χ0n) is 7.54. The van der Waals surface area contributed by atoms with Crippen molar-refractivity contribution in [1.82, 2.24) is 4.98 Å². The van der Waals surface area contributed by atoms with Gasteiger partial charge in [0.1, 0.15) is 5.82 Å². The molecule has 2 aromatic rings. The van der Waals surface area contributed by atoms with Gasteiger partial charge in [-0.25, -0.2) is 9.37 Å². The zero-order valence-corrected chi connectivity index (χ0v) is 8.36. The minimum Gasteiger partial charge on any atom is -0.245 e. The molecule has 0 bridgehead atoms. The molecular weight excluding hydrogens is 185 g/mol. The summed E-state index contributed by atoms with van der Waals surface area (Å²) in [6, 6.07) is 3.09. The Labute approximate surface area is 80.2 Å². The number of aromatic nitrogens is 1. The monoisotopic (exact) mass is 195 g/mol. The van der Waals surface area contributed by atoms with E-state index in [9.17, 15) is 4.39 Å². The van der Waals surface area contributed by atoms with Crippen LogP contribution in [-0.4, -0.2) is 4.98 Å². The highest BCUT2D eigenvalue weighted by Gasteiger charge is 2.09. The molecule has 1 nitrogen and oxygen atoms in total. The number of thiazole rings is 1. The average molecular weight is 195 g/mol. The summed E-state index contributed by atoms with van der Waals surface area (Å²) >= 11 is 1.57. The van der Waals surface area contributed by atoms with Crippen LogP contribution in [0.4, 0.5) is 4.39 Å². The van der Waals surface area contributed by atoms with Crippen LogP contribution in [0.5, 0.6) is 0 Å². The van der Waals surface area contributed by atoms with Crippen molar-refractivity contribution in [3.05, 3.63) is 29.0 Å². The lowest BCUT2D eigenvalue weighted by molar-refractivity contribution is 0.625. The molecule has 0 unspecified atom stereocenters. The third-order valence-electron chi connectivity index (χ3n) is 2.05. The molecule has 0 fully saturated rings. The van der Waals surface area contributed by atoms with Crippen molar-refractivity contribution in [2.24, 2.45) is 0 Å². The molecule has 0 aliphatic heterocycles. The molecule has 0 amide bonds. The molecule has 0 N–H and O–H groups in total. The molecule has 0 saturated carbocycles. The first kappa shape index (κ1) is 8.63. The Morgan fingerprint density at radius 1 is 1.38 bits per heavy atom. The number of hydrogen-bond donors (Lipinski definition) is 0. The maximum absolute atomic E-state index is 13.1. The summed E-state index contributed by atoms with van der Waals surface area (Å²) < 4.78 is 14.2.